The number of nitro benzene ring substituents is 1. The van der Waals surface area contributed by atoms with Crippen molar-refractivity contribution in [1.82, 2.24) is 4.48 Å². The molecule has 2 rings (SSSR count). The molecular formula is C15H17N2O2+. The van der Waals surface area contributed by atoms with E-state index in [-0.39, 0.29) is 10.6 Å². The average Bonchev–Trinajstić information content (AvgIpc) is 2.39. The van der Waals surface area contributed by atoms with Gasteiger partial charge in [-0.05, 0) is 12.1 Å². The first kappa shape index (κ1) is 13.2. The van der Waals surface area contributed by atoms with Gasteiger partial charge >= 0.3 is 0 Å². The van der Waals surface area contributed by atoms with Crippen LogP contribution >= 0.6 is 0 Å². The van der Waals surface area contributed by atoms with E-state index in [2.05, 4.69) is 12.1 Å². The van der Waals surface area contributed by atoms with Crippen LogP contribution in [0.15, 0.2) is 54.6 Å². The van der Waals surface area contributed by atoms with Crippen LogP contribution in [0.4, 0.5) is 11.4 Å². The predicted octanol–water partition coefficient (Wildman–Crippen LogP) is 3.36. The molecule has 0 aromatic heterocycles. The Kier molecular flexibility index (Phi) is 3.62. The standard InChI is InChI=1S/C15H17N2O2/c1-17(2,12-13-7-4-3-5-8-13)15-10-6-9-14(11-15)16(18)19/h3-11H,12H2,1-2H3/q+1. The van der Waals surface area contributed by atoms with Gasteiger partial charge in [0.2, 0.25) is 0 Å². The van der Waals surface area contributed by atoms with E-state index in [1.807, 2.05) is 38.4 Å². The van der Waals surface area contributed by atoms with Crippen molar-refractivity contribution in [2.45, 2.75) is 6.54 Å². The predicted molar refractivity (Wildman–Crippen MR) is 76.9 cm³/mol. The second-order valence-electron chi connectivity index (χ2n) is 5.11. The van der Waals surface area contributed by atoms with Crippen molar-refractivity contribution in [1.29, 1.82) is 0 Å². The third-order valence-corrected chi connectivity index (χ3v) is 3.16. The van der Waals surface area contributed by atoms with Gasteiger partial charge in [0.15, 0.2) is 0 Å². The van der Waals surface area contributed by atoms with E-state index in [4.69, 9.17) is 0 Å². The van der Waals surface area contributed by atoms with Gasteiger partial charge in [0.25, 0.3) is 5.69 Å². The van der Waals surface area contributed by atoms with Crippen molar-refractivity contribution in [2.75, 3.05) is 14.1 Å². The number of hydrogen-bond acceptors (Lipinski definition) is 2. The van der Waals surface area contributed by atoms with Crippen molar-refractivity contribution in [2.24, 2.45) is 0 Å². The third-order valence-electron chi connectivity index (χ3n) is 3.16. The summed E-state index contributed by atoms with van der Waals surface area (Å²) in [6, 6.07) is 16.9. The lowest BCUT2D eigenvalue weighted by molar-refractivity contribution is -0.384. The second-order valence-corrected chi connectivity index (χ2v) is 5.11. The number of quaternary nitrogens is 1. The number of non-ortho nitro benzene ring substituents is 1. The normalized spacial score (nSPS) is 11.3. The molecular weight excluding hydrogens is 240 g/mol. The van der Waals surface area contributed by atoms with E-state index in [0.29, 0.717) is 4.48 Å². The number of nitrogens with zero attached hydrogens (tertiary/aromatic N) is 2. The van der Waals surface area contributed by atoms with Gasteiger partial charge < -0.3 is 0 Å². The Bertz CT molecular complexity index is 580. The van der Waals surface area contributed by atoms with Gasteiger partial charge in [-0.15, -0.1) is 0 Å². The van der Waals surface area contributed by atoms with Crippen LogP contribution in [0.2, 0.25) is 0 Å². The van der Waals surface area contributed by atoms with Crippen LogP contribution in [-0.2, 0) is 6.54 Å². The molecule has 0 spiro atoms. The highest BCUT2D eigenvalue weighted by molar-refractivity contribution is 5.50. The second kappa shape index (κ2) is 5.20. The van der Waals surface area contributed by atoms with Crippen molar-refractivity contribution in [3.05, 3.63) is 70.3 Å². The molecule has 0 unspecified atom stereocenters. The largest absolute Gasteiger partial charge is 0.292 e. The molecule has 0 aliphatic rings. The van der Waals surface area contributed by atoms with Crippen LogP contribution in [0, 0.1) is 10.1 Å². The molecule has 0 N–H and O–H groups in total. The van der Waals surface area contributed by atoms with Gasteiger partial charge in [-0.1, -0.05) is 30.3 Å². The van der Waals surface area contributed by atoms with E-state index in [1.54, 1.807) is 12.1 Å². The fraction of sp³-hybridized carbons (Fsp3) is 0.200. The molecule has 0 saturated carbocycles. The lowest BCUT2D eigenvalue weighted by Crippen LogP contribution is -2.39. The highest BCUT2D eigenvalue weighted by Crippen LogP contribution is 2.26. The van der Waals surface area contributed by atoms with Gasteiger partial charge in [0.05, 0.1) is 25.1 Å². The van der Waals surface area contributed by atoms with Crippen LogP contribution in [-0.4, -0.2) is 19.0 Å². The average molecular weight is 257 g/mol. The van der Waals surface area contributed by atoms with Crippen molar-refractivity contribution in [3.8, 4) is 0 Å². The summed E-state index contributed by atoms with van der Waals surface area (Å²) >= 11 is 0. The molecule has 0 atom stereocenters. The maximum atomic E-state index is 10.8. The summed E-state index contributed by atoms with van der Waals surface area (Å²) in [5.41, 5.74) is 2.27. The molecule has 0 saturated heterocycles. The molecule has 19 heavy (non-hydrogen) atoms. The summed E-state index contributed by atoms with van der Waals surface area (Å²) in [6.07, 6.45) is 0. The fourth-order valence-corrected chi connectivity index (χ4v) is 2.11. The topological polar surface area (TPSA) is 43.1 Å². The van der Waals surface area contributed by atoms with Crippen LogP contribution in [0.5, 0.6) is 0 Å². The van der Waals surface area contributed by atoms with Gasteiger partial charge in [0, 0.05) is 11.6 Å². The number of hydrogen-bond donors (Lipinski definition) is 0. The first-order valence-electron chi connectivity index (χ1n) is 6.11. The first-order valence-corrected chi connectivity index (χ1v) is 6.11. The molecule has 0 fully saturated rings. The van der Waals surface area contributed by atoms with Crippen molar-refractivity contribution < 1.29 is 4.92 Å². The minimum Gasteiger partial charge on any atom is -0.292 e. The lowest BCUT2D eigenvalue weighted by Gasteiger charge is -2.29. The maximum absolute atomic E-state index is 10.8. The number of rotatable bonds is 4. The van der Waals surface area contributed by atoms with E-state index in [0.717, 1.165) is 12.2 Å². The monoisotopic (exact) mass is 257 g/mol. The highest BCUT2D eigenvalue weighted by Gasteiger charge is 2.21. The zero-order valence-corrected chi connectivity index (χ0v) is 11.1. The molecule has 98 valence electrons. The minimum absolute atomic E-state index is 0.136. The summed E-state index contributed by atoms with van der Waals surface area (Å²) in [6.45, 7) is 0.794. The number of benzene rings is 2. The fourth-order valence-electron chi connectivity index (χ4n) is 2.11. The molecule has 0 aliphatic carbocycles. The zero-order valence-electron chi connectivity index (χ0n) is 11.1. The minimum atomic E-state index is -0.355. The first-order chi connectivity index (χ1) is 8.99. The Balaban J connectivity index is 2.28. The van der Waals surface area contributed by atoms with Crippen molar-refractivity contribution >= 4 is 11.4 Å². The Morgan fingerprint density at radius 1 is 1.05 bits per heavy atom. The summed E-state index contributed by atoms with van der Waals surface area (Å²) in [4.78, 5) is 10.5. The zero-order chi connectivity index (χ0) is 13.9. The highest BCUT2D eigenvalue weighted by atomic mass is 16.6. The van der Waals surface area contributed by atoms with E-state index >= 15 is 0 Å². The lowest BCUT2D eigenvalue weighted by atomic mass is 10.1. The molecule has 0 aliphatic heterocycles. The third kappa shape index (κ3) is 3.17. The molecule has 0 heterocycles. The van der Waals surface area contributed by atoms with Crippen LogP contribution in [0.1, 0.15) is 5.56 Å². The Labute approximate surface area is 112 Å². The molecule has 0 radical (unpaired) electrons. The summed E-state index contributed by atoms with van der Waals surface area (Å²) in [5, 5.41) is 10.8. The van der Waals surface area contributed by atoms with E-state index in [9.17, 15) is 10.1 Å². The summed E-state index contributed by atoms with van der Waals surface area (Å²) in [7, 11) is 4.10. The number of nitro groups is 1. The van der Waals surface area contributed by atoms with Gasteiger partial charge in [0.1, 0.15) is 12.2 Å². The summed E-state index contributed by atoms with van der Waals surface area (Å²) in [5.74, 6) is 0. The maximum Gasteiger partial charge on any atom is 0.275 e. The van der Waals surface area contributed by atoms with Crippen molar-refractivity contribution in [3.63, 3.8) is 0 Å². The molecule has 2 aromatic carbocycles. The van der Waals surface area contributed by atoms with Crippen LogP contribution < -0.4 is 4.48 Å². The SMILES string of the molecule is C[N+](C)(Cc1ccccc1)c1cccc([N+](=O)[O-])c1. The van der Waals surface area contributed by atoms with E-state index in [1.165, 1.54) is 11.6 Å². The smallest absolute Gasteiger partial charge is 0.275 e. The van der Waals surface area contributed by atoms with Crippen LogP contribution in [0.25, 0.3) is 0 Å². The van der Waals surface area contributed by atoms with E-state index < -0.39 is 0 Å². The quantitative estimate of drug-likeness (QED) is 0.479. The molecule has 4 nitrogen and oxygen atoms in total. The molecule has 0 amide bonds. The Morgan fingerprint density at radius 2 is 1.74 bits per heavy atom. The molecule has 0 bridgehead atoms. The molecule has 4 heteroatoms. The molecule has 2 aromatic rings. The Morgan fingerprint density at radius 3 is 2.37 bits per heavy atom. The van der Waals surface area contributed by atoms with Gasteiger partial charge in [-0.25, -0.2) is 0 Å². The van der Waals surface area contributed by atoms with Gasteiger partial charge in [-0.2, -0.15) is 0 Å². The Hall–Kier alpha value is -2.20. The van der Waals surface area contributed by atoms with Crippen LogP contribution in [0.3, 0.4) is 0 Å². The van der Waals surface area contributed by atoms with Gasteiger partial charge in [-0.3, -0.25) is 14.6 Å². The summed E-state index contributed by atoms with van der Waals surface area (Å²) < 4.78 is 0.575.